The van der Waals surface area contributed by atoms with E-state index in [-0.39, 0.29) is 12.4 Å². The van der Waals surface area contributed by atoms with Crippen molar-refractivity contribution in [2.24, 2.45) is 0 Å². The number of thiazole rings is 1. The lowest BCUT2D eigenvalue weighted by molar-refractivity contribution is -0.139. The molecule has 2 heterocycles. The van der Waals surface area contributed by atoms with E-state index < -0.39 is 0 Å². The third-order valence-corrected chi connectivity index (χ3v) is 4.82. The van der Waals surface area contributed by atoms with Gasteiger partial charge in [-0.1, -0.05) is 0 Å². The van der Waals surface area contributed by atoms with E-state index >= 15 is 0 Å². The molecule has 1 unspecified atom stereocenters. The average Bonchev–Trinajstić information content (AvgIpc) is 2.78. The van der Waals surface area contributed by atoms with Crippen molar-refractivity contribution in [2.45, 2.75) is 19.4 Å². The van der Waals surface area contributed by atoms with Crippen LogP contribution in [0.15, 0.2) is 5.38 Å². The van der Waals surface area contributed by atoms with Crippen molar-refractivity contribution in [3.8, 4) is 0 Å². The molecule has 0 radical (unpaired) electrons. The van der Waals surface area contributed by atoms with Gasteiger partial charge < -0.3 is 9.64 Å². The lowest BCUT2D eigenvalue weighted by atomic mass is 10.3. The van der Waals surface area contributed by atoms with Crippen molar-refractivity contribution in [3.63, 3.8) is 0 Å². The SMILES string of the molecule is COC(=O)Cc1csc(N2CCSCC2C)n1. The molecule has 0 aliphatic carbocycles. The van der Waals surface area contributed by atoms with Crippen LogP contribution < -0.4 is 4.90 Å². The van der Waals surface area contributed by atoms with E-state index in [4.69, 9.17) is 0 Å². The zero-order chi connectivity index (χ0) is 12.3. The average molecular weight is 272 g/mol. The number of thioether (sulfide) groups is 1. The number of carbonyl (C=O) groups excluding carboxylic acids is 1. The van der Waals surface area contributed by atoms with Gasteiger partial charge in [0.25, 0.3) is 0 Å². The standard InChI is InChI=1S/C11H16N2O2S2/c1-8-6-16-4-3-13(8)11-12-9(7-17-11)5-10(14)15-2/h7-8H,3-6H2,1-2H3. The highest BCUT2D eigenvalue weighted by atomic mass is 32.2. The predicted octanol–water partition coefficient (Wildman–Crippen LogP) is 1.80. The number of aromatic nitrogens is 1. The van der Waals surface area contributed by atoms with Crippen LogP contribution in [-0.2, 0) is 16.0 Å². The summed E-state index contributed by atoms with van der Waals surface area (Å²) in [6, 6.07) is 0.519. The Hall–Kier alpha value is -0.750. The summed E-state index contributed by atoms with van der Waals surface area (Å²) in [7, 11) is 1.40. The largest absolute Gasteiger partial charge is 0.469 e. The molecule has 0 aromatic carbocycles. The Morgan fingerprint density at radius 3 is 3.24 bits per heavy atom. The molecule has 0 spiro atoms. The molecule has 6 heteroatoms. The predicted molar refractivity (Wildman–Crippen MR) is 72.0 cm³/mol. The molecule has 0 N–H and O–H groups in total. The van der Waals surface area contributed by atoms with E-state index in [1.807, 2.05) is 17.1 Å². The molecule has 1 aliphatic heterocycles. The van der Waals surface area contributed by atoms with Gasteiger partial charge in [0.1, 0.15) is 0 Å². The Bertz CT molecular complexity index is 395. The van der Waals surface area contributed by atoms with E-state index in [9.17, 15) is 4.79 Å². The summed E-state index contributed by atoms with van der Waals surface area (Å²) >= 11 is 3.59. The van der Waals surface area contributed by atoms with E-state index in [0.29, 0.717) is 6.04 Å². The van der Waals surface area contributed by atoms with Crippen LogP contribution in [0, 0.1) is 0 Å². The molecular formula is C11H16N2O2S2. The number of hydrogen-bond donors (Lipinski definition) is 0. The minimum absolute atomic E-state index is 0.232. The van der Waals surface area contributed by atoms with Crippen molar-refractivity contribution < 1.29 is 9.53 Å². The first-order valence-electron chi connectivity index (χ1n) is 5.56. The van der Waals surface area contributed by atoms with Crippen LogP contribution in [0.2, 0.25) is 0 Å². The van der Waals surface area contributed by atoms with Crippen LogP contribution in [0.1, 0.15) is 12.6 Å². The van der Waals surface area contributed by atoms with Crippen molar-refractivity contribution >= 4 is 34.2 Å². The Morgan fingerprint density at radius 2 is 2.53 bits per heavy atom. The van der Waals surface area contributed by atoms with Gasteiger partial charge in [-0.25, -0.2) is 4.98 Å². The first kappa shape index (κ1) is 12.7. The maximum absolute atomic E-state index is 11.2. The fraction of sp³-hybridized carbons (Fsp3) is 0.636. The summed E-state index contributed by atoms with van der Waals surface area (Å²) < 4.78 is 4.64. The molecule has 1 fully saturated rings. The molecule has 1 atom stereocenters. The van der Waals surface area contributed by atoms with Gasteiger partial charge in [-0.05, 0) is 6.92 Å². The van der Waals surface area contributed by atoms with E-state index in [1.54, 1.807) is 11.3 Å². The summed E-state index contributed by atoms with van der Waals surface area (Å²) in [6.07, 6.45) is 0.268. The number of rotatable bonds is 3. The van der Waals surface area contributed by atoms with E-state index in [0.717, 1.165) is 28.9 Å². The third kappa shape index (κ3) is 3.13. The fourth-order valence-electron chi connectivity index (χ4n) is 1.74. The van der Waals surface area contributed by atoms with Gasteiger partial charge in [0, 0.05) is 29.5 Å². The quantitative estimate of drug-likeness (QED) is 0.785. The molecule has 0 bridgehead atoms. The number of ether oxygens (including phenoxy) is 1. The maximum atomic E-state index is 11.2. The normalized spacial score (nSPS) is 20.4. The van der Waals surface area contributed by atoms with Crippen molar-refractivity contribution in [1.29, 1.82) is 0 Å². The van der Waals surface area contributed by atoms with Crippen LogP contribution in [0.5, 0.6) is 0 Å². The molecule has 2 rings (SSSR count). The van der Waals surface area contributed by atoms with Gasteiger partial charge in [-0.15, -0.1) is 11.3 Å². The van der Waals surface area contributed by atoms with Crippen molar-refractivity contribution in [1.82, 2.24) is 4.98 Å². The number of nitrogens with zero attached hydrogens (tertiary/aromatic N) is 2. The Morgan fingerprint density at radius 1 is 1.71 bits per heavy atom. The zero-order valence-corrected chi connectivity index (χ0v) is 11.6. The molecule has 17 heavy (non-hydrogen) atoms. The molecule has 1 aliphatic rings. The van der Waals surface area contributed by atoms with Gasteiger partial charge in [0.2, 0.25) is 0 Å². The first-order chi connectivity index (χ1) is 8.20. The van der Waals surface area contributed by atoms with Gasteiger partial charge >= 0.3 is 5.97 Å². The second kappa shape index (κ2) is 5.73. The number of methoxy groups -OCH3 is 1. The van der Waals surface area contributed by atoms with Gasteiger partial charge in [-0.2, -0.15) is 11.8 Å². The van der Waals surface area contributed by atoms with Gasteiger partial charge in [0.15, 0.2) is 5.13 Å². The van der Waals surface area contributed by atoms with Crippen LogP contribution in [0.3, 0.4) is 0 Å². The summed E-state index contributed by atoms with van der Waals surface area (Å²) in [5.74, 6) is 2.06. The monoisotopic (exact) mass is 272 g/mol. The smallest absolute Gasteiger partial charge is 0.311 e. The highest BCUT2D eigenvalue weighted by Gasteiger charge is 2.21. The lowest BCUT2D eigenvalue weighted by Gasteiger charge is -2.32. The minimum atomic E-state index is -0.232. The lowest BCUT2D eigenvalue weighted by Crippen LogP contribution is -2.40. The highest BCUT2D eigenvalue weighted by molar-refractivity contribution is 7.99. The van der Waals surface area contributed by atoms with Crippen molar-refractivity contribution in [3.05, 3.63) is 11.1 Å². The number of hydrogen-bond acceptors (Lipinski definition) is 6. The van der Waals surface area contributed by atoms with Crippen LogP contribution in [0.4, 0.5) is 5.13 Å². The Kier molecular flexibility index (Phi) is 4.28. The van der Waals surface area contributed by atoms with Crippen molar-refractivity contribution in [2.75, 3.05) is 30.1 Å². The first-order valence-corrected chi connectivity index (χ1v) is 7.59. The molecule has 0 saturated carbocycles. The fourth-order valence-corrected chi connectivity index (χ4v) is 3.71. The zero-order valence-electron chi connectivity index (χ0n) is 10.0. The van der Waals surface area contributed by atoms with Crippen LogP contribution in [0.25, 0.3) is 0 Å². The molecule has 94 valence electrons. The molecule has 1 aromatic heterocycles. The highest BCUT2D eigenvalue weighted by Crippen LogP contribution is 2.27. The molecule has 1 saturated heterocycles. The summed E-state index contributed by atoms with van der Waals surface area (Å²) in [4.78, 5) is 18.0. The van der Waals surface area contributed by atoms with Crippen LogP contribution >= 0.6 is 23.1 Å². The molecule has 4 nitrogen and oxygen atoms in total. The second-order valence-electron chi connectivity index (χ2n) is 3.99. The summed E-state index contributed by atoms with van der Waals surface area (Å²) in [6.45, 7) is 3.25. The number of anilines is 1. The minimum Gasteiger partial charge on any atom is -0.469 e. The molecule has 1 aromatic rings. The van der Waals surface area contributed by atoms with Gasteiger partial charge in [-0.3, -0.25) is 4.79 Å². The van der Waals surface area contributed by atoms with E-state index in [1.165, 1.54) is 7.11 Å². The molecular weight excluding hydrogens is 256 g/mol. The van der Waals surface area contributed by atoms with Crippen LogP contribution in [-0.4, -0.2) is 42.2 Å². The maximum Gasteiger partial charge on any atom is 0.311 e. The van der Waals surface area contributed by atoms with E-state index in [2.05, 4.69) is 21.5 Å². The summed E-state index contributed by atoms with van der Waals surface area (Å²) in [5, 5.41) is 2.97. The molecule has 0 amide bonds. The van der Waals surface area contributed by atoms with Gasteiger partial charge in [0.05, 0.1) is 19.2 Å². The topological polar surface area (TPSA) is 42.4 Å². The summed E-state index contributed by atoms with van der Waals surface area (Å²) in [5.41, 5.74) is 0.808. The second-order valence-corrected chi connectivity index (χ2v) is 5.98. The number of carbonyl (C=O) groups is 1. The third-order valence-electron chi connectivity index (χ3n) is 2.71. The Labute approximate surface area is 109 Å². The number of esters is 1. The Balaban J connectivity index is 2.04.